The molecule has 1 aromatic rings. The Bertz CT molecular complexity index is 410. The standard InChI is InChI=1S/C12H23N5O2S/c1-5-19-8-6-7-13-11(18)10(4)20-12-14-15-16-17(12)9(2)3/h9-10H,5-8H2,1-4H3,(H,13,18). The highest BCUT2D eigenvalue weighted by Crippen LogP contribution is 2.22. The van der Waals surface area contributed by atoms with Crippen molar-refractivity contribution < 1.29 is 9.53 Å². The second kappa shape index (κ2) is 8.91. The van der Waals surface area contributed by atoms with Gasteiger partial charge >= 0.3 is 0 Å². The lowest BCUT2D eigenvalue weighted by molar-refractivity contribution is -0.120. The largest absolute Gasteiger partial charge is 0.382 e. The first-order valence-corrected chi connectivity index (χ1v) is 7.74. The van der Waals surface area contributed by atoms with Crippen LogP contribution in [0.5, 0.6) is 0 Å². The zero-order valence-corrected chi connectivity index (χ0v) is 13.3. The van der Waals surface area contributed by atoms with Crippen molar-refractivity contribution >= 4 is 17.7 Å². The van der Waals surface area contributed by atoms with Crippen LogP contribution in [0.1, 0.15) is 40.2 Å². The number of carbonyl (C=O) groups is 1. The highest BCUT2D eigenvalue weighted by molar-refractivity contribution is 8.00. The molecule has 1 N–H and O–H groups in total. The van der Waals surface area contributed by atoms with E-state index < -0.39 is 0 Å². The number of rotatable bonds is 9. The molecule has 0 aliphatic rings. The summed E-state index contributed by atoms with van der Waals surface area (Å²) in [7, 11) is 0. The van der Waals surface area contributed by atoms with Crippen molar-refractivity contribution in [2.24, 2.45) is 0 Å². The molecule has 0 aliphatic carbocycles. The third-order valence-electron chi connectivity index (χ3n) is 2.57. The Morgan fingerprint density at radius 1 is 1.45 bits per heavy atom. The van der Waals surface area contributed by atoms with E-state index in [2.05, 4.69) is 20.8 Å². The molecule has 0 aliphatic heterocycles. The Morgan fingerprint density at radius 3 is 2.85 bits per heavy atom. The van der Waals surface area contributed by atoms with Gasteiger partial charge in [0.05, 0.1) is 11.3 Å². The maximum absolute atomic E-state index is 11.9. The Labute approximate surface area is 123 Å². The molecule has 0 bridgehead atoms. The van der Waals surface area contributed by atoms with Gasteiger partial charge in [0.1, 0.15) is 0 Å². The van der Waals surface area contributed by atoms with Crippen molar-refractivity contribution in [1.82, 2.24) is 25.5 Å². The molecule has 0 saturated heterocycles. The minimum atomic E-state index is -0.231. The number of amides is 1. The van der Waals surface area contributed by atoms with E-state index in [-0.39, 0.29) is 17.2 Å². The van der Waals surface area contributed by atoms with Gasteiger partial charge < -0.3 is 10.1 Å². The first-order chi connectivity index (χ1) is 9.56. The van der Waals surface area contributed by atoms with Crippen LogP contribution in [-0.4, -0.2) is 51.1 Å². The Kier molecular flexibility index (Phi) is 7.53. The van der Waals surface area contributed by atoms with Crippen LogP contribution < -0.4 is 5.32 Å². The molecule has 1 heterocycles. The van der Waals surface area contributed by atoms with Crippen LogP contribution in [-0.2, 0) is 9.53 Å². The maximum Gasteiger partial charge on any atom is 0.233 e. The molecule has 1 atom stereocenters. The zero-order valence-electron chi connectivity index (χ0n) is 12.5. The quantitative estimate of drug-likeness (QED) is 0.546. The summed E-state index contributed by atoms with van der Waals surface area (Å²) in [5.74, 6) is -0.00944. The predicted octanol–water partition coefficient (Wildman–Crippen LogP) is 1.28. The van der Waals surface area contributed by atoms with Gasteiger partial charge in [-0.15, -0.1) is 5.10 Å². The Hall–Kier alpha value is -1.15. The van der Waals surface area contributed by atoms with Gasteiger partial charge in [0.25, 0.3) is 0 Å². The van der Waals surface area contributed by atoms with E-state index >= 15 is 0 Å². The molecule has 114 valence electrons. The topological polar surface area (TPSA) is 81.9 Å². The number of nitrogens with zero attached hydrogens (tertiary/aromatic N) is 4. The Morgan fingerprint density at radius 2 is 2.20 bits per heavy atom. The number of ether oxygens (including phenoxy) is 1. The van der Waals surface area contributed by atoms with Gasteiger partial charge in [0, 0.05) is 19.8 Å². The van der Waals surface area contributed by atoms with Crippen LogP contribution in [0.25, 0.3) is 0 Å². The molecule has 1 amide bonds. The van der Waals surface area contributed by atoms with E-state index in [0.29, 0.717) is 24.9 Å². The number of thioether (sulfide) groups is 1. The van der Waals surface area contributed by atoms with Gasteiger partial charge in [-0.3, -0.25) is 4.79 Å². The van der Waals surface area contributed by atoms with Crippen LogP contribution in [0.15, 0.2) is 5.16 Å². The molecule has 1 aromatic heterocycles. The molecule has 1 rings (SSSR count). The lowest BCUT2D eigenvalue weighted by Crippen LogP contribution is -2.32. The number of carbonyl (C=O) groups excluding carboxylic acids is 1. The van der Waals surface area contributed by atoms with Gasteiger partial charge in [0.2, 0.25) is 11.1 Å². The third-order valence-corrected chi connectivity index (χ3v) is 3.62. The van der Waals surface area contributed by atoms with Crippen molar-refractivity contribution in [3.05, 3.63) is 0 Å². The van der Waals surface area contributed by atoms with Crippen molar-refractivity contribution in [3.63, 3.8) is 0 Å². The summed E-state index contributed by atoms with van der Waals surface area (Å²) >= 11 is 1.37. The van der Waals surface area contributed by atoms with Gasteiger partial charge in [-0.05, 0) is 44.5 Å². The Balaban J connectivity index is 2.36. The first-order valence-electron chi connectivity index (χ1n) is 6.86. The van der Waals surface area contributed by atoms with Crippen molar-refractivity contribution in [1.29, 1.82) is 0 Å². The SMILES string of the molecule is CCOCCCNC(=O)C(C)Sc1nnnn1C(C)C. The summed E-state index contributed by atoms with van der Waals surface area (Å²) in [6.07, 6.45) is 0.820. The average molecular weight is 301 g/mol. The van der Waals surface area contributed by atoms with E-state index in [1.54, 1.807) is 4.68 Å². The number of nitrogens with one attached hydrogen (secondary N) is 1. The third kappa shape index (κ3) is 5.46. The minimum Gasteiger partial charge on any atom is -0.382 e. The van der Waals surface area contributed by atoms with Crippen molar-refractivity contribution in [2.75, 3.05) is 19.8 Å². The second-order valence-electron chi connectivity index (χ2n) is 4.60. The van der Waals surface area contributed by atoms with E-state index in [9.17, 15) is 4.79 Å². The highest BCUT2D eigenvalue weighted by atomic mass is 32.2. The van der Waals surface area contributed by atoms with Crippen LogP contribution in [0, 0.1) is 0 Å². The van der Waals surface area contributed by atoms with Gasteiger partial charge in [0.15, 0.2) is 0 Å². The molecule has 8 heteroatoms. The summed E-state index contributed by atoms with van der Waals surface area (Å²) in [5.41, 5.74) is 0. The molecular weight excluding hydrogens is 278 g/mol. The molecule has 1 unspecified atom stereocenters. The fraction of sp³-hybridized carbons (Fsp3) is 0.833. The molecule has 0 radical (unpaired) electrons. The summed E-state index contributed by atoms with van der Waals surface area (Å²) in [6, 6.07) is 0.175. The van der Waals surface area contributed by atoms with Crippen LogP contribution in [0.4, 0.5) is 0 Å². The molecular formula is C12H23N5O2S. The summed E-state index contributed by atoms with van der Waals surface area (Å²) in [6.45, 7) is 9.80. The molecule has 0 saturated carbocycles. The second-order valence-corrected chi connectivity index (χ2v) is 5.91. The molecule has 20 heavy (non-hydrogen) atoms. The summed E-state index contributed by atoms with van der Waals surface area (Å²) in [4.78, 5) is 11.9. The fourth-order valence-corrected chi connectivity index (χ4v) is 2.42. The monoisotopic (exact) mass is 301 g/mol. The van der Waals surface area contributed by atoms with Crippen molar-refractivity contribution in [2.45, 2.75) is 50.6 Å². The lowest BCUT2D eigenvalue weighted by atomic mass is 10.4. The van der Waals surface area contributed by atoms with E-state index in [1.807, 2.05) is 27.7 Å². The van der Waals surface area contributed by atoms with Crippen LogP contribution in [0.2, 0.25) is 0 Å². The lowest BCUT2D eigenvalue weighted by Gasteiger charge is -2.12. The summed E-state index contributed by atoms with van der Waals surface area (Å²) in [5, 5.41) is 14.8. The number of hydrogen-bond acceptors (Lipinski definition) is 6. The van der Waals surface area contributed by atoms with Crippen LogP contribution in [0.3, 0.4) is 0 Å². The zero-order chi connectivity index (χ0) is 15.0. The van der Waals surface area contributed by atoms with Gasteiger partial charge in [-0.2, -0.15) is 0 Å². The van der Waals surface area contributed by atoms with E-state index in [1.165, 1.54) is 11.8 Å². The first kappa shape index (κ1) is 16.9. The maximum atomic E-state index is 11.9. The van der Waals surface area contributed by atoms with E-state index in [0.717, 1.165) is 6.42 Å². The molecule has 0 fully saturated rings. The molecule has 0 aromatic carbocycles. The predicted molar refractivity (Wildman–Crippen MR) is 77.6 cm³/mol. The number of aromatic nitrogens is 4. The minimum absolute atomic E-state index is 0.00944. The number of tetrazole rings is 1. The average Bonchev–Trinajstić information content (AvgIpc) is 2.86. The highest BCUT2D eigenvalue weighted by Gasteiger charge is 2.19. The fourth-order valence-electron chi connectivity index (χ4n) is 1.47. The van der Waals surface area contributed by atoms with Gasteiger partial charge in [-0.1, -0.05) is 11.8 Å². The van der Waals surface area contributed by atoms with E-state index in [4.69, 9.17) is 4.74 Å². The van der Waals surface area contributed by atoms with Crippen LogP contribution >= 0.6 is 11.8 Å². The molecule has 0 spiro atoms. The smallest absolute Gasteiger partial charge is 0.233 e. The number of hydrogen-bond donors (Lipinski definition) is 1. The normalized spacial score (nSPS) is 12.7. The molecule has 7 nitrogen and oxygen atoms in total. The summed E-state index contributed by atoms with van der Waals surface area (Å²) < 4.78 is 6.93. The van der Waals surface area contributed by atoms with Crippen molar-refractivity contribution in [3.8, 4) is 0 Å². The van der Waals surface area contributed by atoms with Gasteiger partial charge in [-0.25, -0.2) is 4.68 Å².